The van der Waals surface area contributed by atoms with Gasteiger partial charge in [0.2, 0.25) is 5.91 Å². The summed E-state index contributed by atoms with van der Waals surface area (Å²) in [6.07, 6.45) is 24.2. The number of aliphatic hydroxyl groups is 6. The van der Waals surface area contributed by atoms with Crippen LogP contribution in [-0.4, -0.2) is 98.7 Å². The zero-order valence-corrected chi connectivity index (χ0v) is 31.5. The van der Waals surface area contributed by atoms with Crippen molar-refractivity contribution in [2.24, 2.45) is 0 Å². The lowest BCUT2D eigenvalue weighted by Gasteiger charge is -2.40. The van der Waals surface area contributed by atoms with Gasteiger partial charge in [0.05, 0.1) is 25.4 Å². The van der Waals surface area contributed by atoms with Gasteiger partial charge in [0.25, 0.3) is 0 Å². The molecule has 294 valence electrons. The third kappa shape index (κ3) is 21.9. The Morgan fingerprint density at radius 1 is 0.700 bits per heavy atom. The molecule has 0 saturated carbocycles. The fourth-order valence-corrected chi connectivity index (χ4v) is 6.28. The number of hydrogen-bond donors (Lipinski definition) is 7. The summed E-state index contributed by atoms with van der Waals surface area (Å²) < 4.78 is 11.1. The Kier molecular flexibility index (Phi) is 29.1. The van der Waals surface area contributed by atoms with Gasteiger partial charge in [0.15, 0.2) is 6.29 Å². The van der Waals surface area contributed by atoms with E-state index in [0.29, 0.717) is 12.8 Å². The van der Waals surface area contributed by atoms with Crippen LogP contribution in [-0.2, 0) is 14.3 Å². The molecule has 1 amide bonds. The van der Waals surface area contributed by atoms with Crippen molar-refractivity contribution in [3.05, 3.63) is 24.3 Å². The Hall–Kier alpha value is -1.37. The summed E-state index contributed by atoms with van der Waals surface area (Å²) in [6, 6.07) is -1.01. The first-order valence-electron chi connectivity index (χ1n) is 20.2. The second kappa shape index (κ2) is 31.2. The summed E-state index contributed by atoms with van der Waals surface area (Å²) in [5.74, 6) is -0.635. The minimum Gasteiger partial charge on any atom is -0.394 e. The second-order valence-electron chi connectivity index (χ2n) is 14.3. The Labute approximate surface area is 303 Å². The van der Waals surface area contributed by atoms with Crippen LogP contribution in [0.4, 0.5) is 0 Å². The first-order valence-corrected chi connectivity index (χ1v) is 20.2. The highest BCUT2D eigenvalue weighted by atomic mass is 16.7. The number of aliphatic hydroxyl groups excluding tert-OH is 6. The van der Waals surface area contributed by atoms with Gasteiger partial charge in [0, 0.05) is 0 Å². The second-order valence-corrected chi connectivity index (χ2v) is 14.3. The largest absolute Gasteiger partial charge is 0.394 e. The molecular formula is C40H75NO9. The molecule has 0 spiro atoms. The molecule has 7 N–H and O–H groups in total. The van der Waals surface area contributed by atoms with Crippen molar-refractivity contribution in [2.75, 3.05) is 13.2 Å². The van der Waals surface area contributed by atoms with Gasteiger partial charge < -0.3 is 45.4 Å². The van der Waals surface area contributed by atoms with Crippen LogP contribution in [0.15, 0.2) is 24.3 Å². The number of nitrogens with one attached hydrogen (secondary N) is 1. The standard InChI is InChI=1S/C40H75NO9/c1-3-5-7-9-11-13-15-16-17-19-21-23-25-27-29-34(44)39(48)41-32(31-49-40-38(47)37(46)36(45)35(30-42)50-40)33(43)28-26-24-22-20-18-14-12-10-8-6-4-2/h22,24,26,28,32-38,40,42-47H,3-21,23,25,27,29-31H2,1-2H3,(H,41,48)/b24-22+,28-26+/t32-,33+,34?,35+,36+,37?,38?,40+/m0/s1. The van der Waals surface area contributed by atoms with Gasteiger partial charge in [-0.2, -0.15) is 0 Å². The van der Waals surface area contributed by atoms with Gasteiger partial charge in [-0.1, -0.05) is 167 Å². The Morgan fingerprint density at radius 3 is 1.72 bits per heavy atom. The number of ether oxygens (including phenoxy) is 2. The van der Waals surface area contributed by atoms with E-state index in [1.807, 2.05) is 12.2 Å². The van der Waals surface area contributed by atoms with E-state index >= 15 is 0 Å². The van der Waals surface area contributed by atoms with E-state index in [0.717, 1.165) is 32.1 Å². The molecule has 10 nitrogen and oxygen atoms in total. The van der Waals surface area contributed by atoms with Gasteiger partial charge >= 0.3 is 0 Å². The predicted octanol–water partition coefficient (Wildman–Crippen LogP) is 6.13. The zero-order chi connectivity index (χ0) is 36.8. The number of rotatable bonds is 32. The maximum absolute atomic E-state index is 12.9. The molecule has 0 aromatic carbocycles. The molecule has 1 saturated heterocycles. The minimum atomic E-state index is -1.61. The number of hydrogen-bond acceptors (Lipinski definition) is 9. The van der Waals surface area contributed by atoms with Crippen LogP contribution in [0.2, 0.25) is 0 Å². The zero-order valence-electron chi connectivity index (χ0n) is 31.5. The summed E-state index contributed by atoms with van der Waals surface area (Å²) in [7, 11) is 0. The van der Waals surface area contributed by atoms with Crippen LogP contribution >= 0.6 is 0 Å². The first kappa shape index (κ1) is 46.7. The van der Waals surface area contributed by atoms with Crippen molar-refractivity contribution in [2.45, 2.75) is 210 Å². The highest BCUT2D eigenvalue weighted by Gasteiger charge is 2.44. The minimum absolute atomic E-state index is 0.303. The van der Waals surface area contributed by atoms with Crippen molar-refractivity contribution in [1.29, 1.82) is 0 Å². The molecule has 3 unspecified atom stereocenters. The van der Waals surface area contributed by atoms with E-state index in [1.165, 1.54) is 109 Å². The van der Waals surface area contributed by atoms with Gasteiger partial charge in [-0.15, -0.1) is 0 Å². The van der Waals surface area contributed by atoms with Crippen molar-refractivity contribution in [3.8, 4) is 0 Å². The van der Waals surface area contributed by atoms with E-state index in [2.05, 4.69) is 19.2 Å². The van der Waals surface area contributed by atoms with Gasteiger partial charge in [-0.05, 0) is 19.3 Å². The van der Waals surface area contributed by atoms with Crippen LogP contribution in [0.1, 0.15) is 162 Å². The summed E-state index contributed by atoms with van der Waals surface area (Å²) in [6.45, 7) is 3.53. The lowest BCUT2D eigenvalue weighted by molar-refractivity contribution is -0.302. The number of carbonyl (C=O) groups excluding carboxylic acids is 1. The summed E-state index contributed by atoms with van der Waals surface area (Å²) in [5.41, 5.74) is 0. The van der Waals surface area contributed by atoms with Crippen molar-refractivity contribution < 1.29 is 44.9 Å². The van der Waals surface area contributed by atoms with Gasteiger partial charge in [0.1, 0.15) is 30.5 Å². The first-order chi connectivity index (χ1) is 24.3. The Bertz CT molecular complexity index is 855. The molecule has 0 aromatic heterocycles. The molecular weight excluding hydrogens is 638 g/mol. The maximum Gasteiger partial charge on any atom is 0.249 e. The normalized spacial score (nSPS) is 23.1. The van der Waals surface area contributed by atoms with Gasteiger partial charge in [-0.25, -0.2) is 0 Å². The highest BCUT2D eigenvalue weighted by Crippen LogP contribution is 2.22. The van der Waals surface area contributed by atoms with E-state index in [9.17, 15) is 35.4 Å². The molecule has 50 heavy (non-hydrogen) atoms. The molecule has 0 aliphatic carbocycles. The number of allylic oxidation sites excluding steroid dienone is 3. The summed E-state index contributed by atoms with van der Waals surface area (Å²) >= 11 is 0. The van der Waals surface area contributed by atoms with Crippen LogP contribution in [0.3, 0.4) is 0 Å². The van der Waals surface area contributed by atoms with Gasteiger partial charge in [-0.3, -0.25) is 4.79 Å². The van der Waals surface area contributed by atoms with Crippen LogP contribution in [0.25, 0.3) is 0 Å². The summed E-state index contributed by atoms with van der Waals surface area (Å²) in [5, 5.41) is 64.2. The number of unbranched alkanes of at least 4 members (excludes halogenated alkanes) is 20. The smallest absolute Gasteiger partial charge is 0.249 e. The molecule has 1 aliphatic heterocycles. The quantitative estimate of drug-likeness (QED) is 0.0320. The molecule has 10 heteroatoms. The summed E-state index contributed by atoms with van der Waals surface area (Å²) in [4.78, 5) is 12.9. The Morgan fingerprint density at radius 2 is 1.20 bits per heavy atom. The highest BCUT2D eigenvalue weighted by molar-refractivity contribution is 5.80. The predicted molar refractivity (Wildman–Crippen MR) is 199 cm³/mol. The topological polar surface area (TPSA) is 169 Å². The molecule has 1 heterocycles. The fourth-order valence-electron chi connectivity index (χ4n) is 6.28. The molecule has 0 radical (unpaired) electrons. The SMILES string of the molecule is CCCCCCCCC/C=C/C=C/[C@@H](O)[C@H](CO[C@@H]1O[C@H](CO)[C@@H](O)C(O)C1O)NC(=O)C(O)CCCCCCCCCCCCCCCC. The van der Waals surface area contributed by atoms with E-state index < -0.39 is 61.5 Å². The van der Waals surface area contributed by atoms with E-state index in [1.54, 1.807) is 6.08 Å². The molecule has 0 aromatic rings. The van der Waals surface area contributed by atoms with E-state index in [4.69, 9.17) is 9.47 Å². The lowest BCUT2D eigenvalue weighted by Crippen LogP contribution is -2.60. The Balaban J connectivity index is 2.51. The third-order valence-electron chi connectivity index (χ3n) is 9.69. The van der Waals surface area contributed by atoms with E-state index in [-0.39, 0.29) is 6.61 Å². The molecule has 0 bridgehead atoms. The number of carbonyl (C=O) groups is 1. The van der Waals surface area contributed by atoms with Crippen molar-refractivity contribution >= 4 is 5.91 Å². The lowest BCUT2D eigenvalue weighted by atomic mass is 9.99. The van der Waals surface area contributed by atoms with Crippen LogP contribution in [0, 0.1) is 0 Å². The average Bonchev–Trinajstić information content (AvgIpc) is 3.11. The fraction of sp³-hybridized carbons (Fsp3) is 0.875. The number of amides is 1. The van der Waals surface area contributed by atoms with Crippen molar-refractivity contribution in [3.63, 3.8) is 0 Å². The maximum atomic E-state index is 12.9. The average molecular weight is 714 g/mol. The van der Waals surface area contributed by atoms with Crippen LogP contribution < -0.4 is 5.32 Å². The van der Waals surface area contributed by atoms with Crippen molar-refractivity contribution in [1.82, 2.24) is 5.32 Å². The molecule has 8 atom stereocenters. The third-order valence-corrected chi connectivity index (χ3v) is 9.69. The monoisotopic (exact) mass is 714 g/mol. The molecule has 1 aliphatic rings. The van der Waals surface area contributed by atoms with Crippen LogP contribution in [0.5, 0.6) is 0 Å². The molecule has 1 fully saturated rings. The molecule has 1 rings (SSSR count).